The molecule has 6 nitrogen and oxygen atoms in total. The maximum atomic E-state index is 12.7. The van der Waals surface area contributed by atoms with Gasteiger partial charge in [0.05, 0.1) is 21.5 Å². The monoisotopic (exact) mass is 378 g/mol. The quantitative estimate of drug-likeness (QED) is 0.799. The van der Waals surface area contributed by atoms with Gasteiger partial charge in [-0.2, -0.15) is 18.3 Å². The molecular weight excluding hydrogens is 369 g/mol. The van der Waals surface area contributed by atoms with Crippen LogP contribution in [0.3, 0.4) is 0 Å². The molecule has 1 unspecified atom stereocenters. The van der Waals surface area contributed by atoms with Crippen molar-refractivity contribution in [2.75, 3.05) is 5.32 Å². The van der Waals surface area contributed by atoms with Crippen molar-refractivity contribution in [3.63, 3.8) is 0 Å². The number of alkyl halides is 3. The van der Waals surface area contributed by atoms with Gasteiger partial charge in [0.2, 0.25) is 5.91 Å². The maximum Gasteiger partial charge on any atom is 0.416 e. The summed E-state index contributed by atoms with van der Waals surface area (Å²) in [7, 11) is 0. The third-order valence-corrected chi connectivity index (χ3v) is 4.07. The summed E-state index contributed by atoms with van der Waals surface area (Å²) >= 11 is 6.71. The molecule has 0 bridgehead atoms. The Hall–Kier alpha value is -2.07. The molecule has 0 fully saturated rings. The Labute approximate surface area is 142 Å². The highest BCUT2D eigenvalue weighted by atomic mass is 35.5. The van der Waals surface area contributed by atoms with Crippen LogP contribution in [0.4, 0.5) is 18.9 Å². The number of anilines is 1. The number of hydrogen-bond acceptors (Lipinski definition) is 5. The molecule has 1 aromatic heterocycles. The molecule has 11 heteroatoms. The molecule has 0 aliphatic rings. The fraction of sp³-hybridized carbons (Fsp3) is 0.231. The van der Waals surface area contributed by atoms with Crippen LogP contribution in [0.5, 0.6) is 0 Å². The molecule has 0 saturated heterocycles. The average Bonchev–Trinajstić information content (AvgIpc) is 2.48. The van der Waals surface area contributed by atoms with Crippen molar-refractivity contribution in [1.82, 2.24) is 15.2 Å². The molecule has 1 heterocycles. The number of carbonyl (C=O) groups excluding carboxylic acids is 1. The van der Waals surface area contributed by atoms with Crippen molar-refractivity contribution in [1.29, 1.82) is 0 Å². The summed E-state index contributed by atoms with van der Waals surface area (Å²) < 4.78 is 38.1. The van der Waals surface area contributed by atoms with E-state index in [2.05, 4.69) is 20.5 Å². The lowest BCUT2D eigenvalue weighted by Gasteiger charge is -2.14. The Balaban J connectivity index is 2.12. The lowest BCUT2D eigenvalue weighted by Crippen LogP contribution is -2.23. The third kappa shape index (κ3) is 4.71. The summed E-state index contributed by atoms with van der Waals surface area (Å²) in [6.07, 6.45) is -3.58. The second kappa shape index (κ2) is 7.22. The number of halogens is 4. The van der Waals surface area contributed by atoms with Crippen LogP contribution in [0.1, 0.15) is 12.5 Å². The van der Waals surface area contributed by atoms with E-state index in [1.165, 1.54) is 6.92 Å². The molecule has 0 radical (unpaired) electrons. The summed E-state index contributed by atoms with van der Waals surface area (Å²) in [4.78, 5) is 25.6. The standard InChI is InChI=1S/C13H10ClF3N4O2S/c1-6(24-12-20-10(22)5-18-21-12)11(23)19-9-4-7(13(15,16)17)2-3-8(9)14/h2-6H,1H3,(H,19,23)(H,20,21,22). The molecular formula is C13H10ClF3N4O2S. The average molecular weight is 379 g/mol. The zero-order valence-corrected chi connectivity index (χ0v) is 13.6. The number of rotatable bonds is 4. The molecule has 2 N–H and O–H groups in total. The smallest absolute Gasteiger partial charge is 0.324 e. The van der Waals surface area contributed by atoms with Crippen LogP contribution in [-0.2, 0) is 11.0 Å². The van der Waals surface area contributed by atoms with E-state index in [1.807, 2.05) is 0 Å². The molecule has 0 saturated carbocycles. The second-order valence-electron chi connectivity index (χ2n) is 4.58. The molecule has 24 heavy (non-hydrogen) atoms. The minimum absolute atomic E-state index is 0.0264. The number of nitrogens with one attached hydrogen (secondary N) is 2. The summed E-state index contributed by atoms with van der Waals surface area (Å²) in [5.74, 6) is -0.604. The van der Waals surface area contributed by atoms with Crippen molar-refractivity contribution < 1.29 is 18.0 Å². The molecule has 1 aromatic carbocycles. The van der Waals surface area contributed by atoms with Gasteiger partial charge in [0.25, 0.3) is 5.56 Å². The van der Waals surface area contributed by atoms with E-state index < -0.39 is 28.5 Å². The van der Waals surface area contributed by atoms with Crippen molar-refractivity contribution in [3.8, 4) is 0 Å². The van der Waals surface area contributed by atoms with Gasteiger partial charge in [-0.15, -0.1) is 5.10 Å². The Morgan fingerprint density at radius 1 is 1.42 bits per heavy atom. The zero-order valence-electron chi connectivity index (χ0n) is 12.0. The largest absolute Gasteiger partial charge is 0.416 e. The summed E-state index contributed by atoms with van der Waals surface area (Å²) in [6, 6.07) is 2.63. The Morgan fingerprint density at radius 2 is 2.12 bits per heavy atom. The second-order valence-corrected chi connectivity index (χ2v) is 6.32. The molecule has 128 valence electrons. The molecule has 1 amide bonds. The highest BCUT2D eigenvalue weighted by molar-refractivity contribution is 8.00. The van der Waals surface area contributed by atoms with Gasteiger partial charge in [0.1, 0.15) is 6.20 Å². The number of benzene rings is 1. The van der Waals surface area contributed by atoms with Crippen molar-refractivity contribution >= 4 is 35.0 Å². The van der Waals surface area contributed by atoms with Crippen LogP contribution < -0.4 is 10.9 Å². The molecule has 0 aliphatic carbocycles. The van der Waals surface area contributed by atoms with Crippen molar-refractivity contribution in [2.45, 2.75) is 23.5 Å². The Morgan fingerprint density at radius 3 is 2.75 bits per heavy atom. The van der Waals surface area contributed by atoms with E-state index in [0.717, 1.165) is 36.2 Å². The Bertz CT molecular complexity index is 812. The first-order valence-electron chi connectivity index (χ1n) is 6.43. The van der Waals surface area contributed by atoms with Crippen LogP contribution in [0.15, 0.2) is 34.3 Å². The third-order valence-electron chi connectivity index (χ3n) is 2.76. The van der Waals surface area contributed by atoms with Crippen molar-refractivity contribution in [2.24, 2.45) is 0 Å². The van der Waals surface area contributed by atoms with Crippen LogP contribution in [0.2, 0.25) is 5.02 Å². The normalized spacial score (nSPS) is 12.7. The molecule has 2 rings (SSSR count). The number of hydrogen-bond donors (Lipinski definition) is 2. The van der Waals surface area contributed by atoms with Gasteiger partial charge in [-0.05, 0) is 25.1 Å². The predicted octanol–water partition coefficient (Wildman–Crippen LogP) is 2.96. The number of nitrogens with zero attached hydrogens (tertiary/aromatic N) is 2. The van der Waals surface area contributed by atoms with E-state index >= 15 is 0 Å². The minimum Gasteiger partial charge on any atom is -0.324 e. The van der Waals surface area contributed by atoms with Gasteiger partial charge in [-0.1, -0.05) is 23.4 Å². The van der Waals surface area contributed by atoms with Crippen LogP contribution in [0, 0.1) is 0 Å². The molecule has 0 aliphatic heterocycles. The van der Waals surface area contributed by atoms with E-state index in [-0.39, 0.29) is 15.9 Å². The van der Waals surface area contributed by atoms with Gasteiger partial charge in [0, 0.05) is 0 Å². The highest BCUT2D eigenvalue weighted by Gasteiger charge is 2.31. The van der Waals surface area contributed by atoms with Gasteiger partial charge < -0.3 is 5.32 Å². The fourth-order valence-electron chi connectivity index (χ4n) is 1.60. The van der Waals surface area contributed by atoms with Gasteiger partial charge in [0.15, 0.2) is 5.16 Å². The Kier molecular flexibility index (Phi) is 5.50. The van der Waals surface area contributed by atoms with E-state index in [1.54, 1.807) is 0 Å². The number of H-pyrrole nitrogens is 1. The number of aromatic amines is 1. The maximum absolute atomic E-state index is 12.7. The van der Waals surface area contributed by atoms with Crippen LogP contribution >= 0.6 is 23.4 Å². The lowest BCUT2D eigenvalue weighted by atomic mass is 10.2. The number of thioether (sulfide) groups is 1. The molecule has 1 atom stereocenters. The molecule has 2 aromatic rings. The van der Waals surface area contributed by atoms with Gasteiger partial charge >= 0.3 is 6.18 Å². The summed E-state index contributed by atoms with van der Waals surface area (Å²) in [5.41, 5.74) is -1.57. The number of carbonyl (C=O) groups is 1. The first-order chi connectivity index (χ1) is 11.2. The minimum atomic E-state index is -4.55. The fourth-order valence-corrected chi connectivity index (χ4v) is 2.52. The lowest BCUT2D eigenvalue weighted by molar-refractivity contribution is -0.137. The van der Waals surface area contributed by atoms with E-state index in [4.69, 9.17) is 11.6 Å². The molecule has 0 spiro atoms. The number of amides is 1. The van der Waals surface area contributed by atoms with Gasteiger partial charge in [-0.3, -0.25) is 14.6 Å². The van der Waals surface area contributed by atoms with Crippen LogP contribution in [-0.4, -0.2) is 26.3 Å². The van der Waals surface area contributed by atoms with Crippen molar-refractivity contribution in [3.05, 3.63) is 45.3 Å². The SMILES string of the molecule is CC(Sc1nncc(=O)[nH]1)C(=O)Nc1cc(C(F)(F)F)ccc1Cl. The highest BCUT2D eigenvalue weighted by Crippen LogP contribution is 2.34. The summed E-state index contributed by atoms with van der Waals surface area (Å²) in [6.45, 7) is 1.49. The summed E-state index contributed by atoms with van der Waals surface area (Å²) in [5, 5.41) is 8.73. The zero-order chi connectivity index (χ0) is 17.9. The van der Waals surface area contributed by atoms with E-state index in [0.29, 0.717) is 0 Å². The van der Waals surface area contributed by atoms with E-state index in [9.17, 15) is 22.8 Å². The number of aromatic nitrogens is 3. The van der Waals surface area contributed by atoms with Crippen LogP contribution in [0.25, 0.3) is 0 Å². The topological polar surface area (TPSA) is 87.7 Å². The first kappa shape index (κ1) is 18.3. The predicted molar refractivity (Wildman–Crippen MR) is 83.1 cm³/mol. The van der Waals surface area contributed by atoms with Gasteiger partial charge in [-0.25, -0.2) is 0 Å². The first-order valence-corrected chi connectivity index (χ1v) is 7.69.